The third-order valence-corrected chi connectivity index (χ3v) is 5.47. The molecule has 5 heteroatoms. The molecule has 0 atom stereocenters. The molecule has 31 heavy (non-hydrogen) atoms. The lowest BCUT2D eigenvalue weighted by atomic mass is 9.96. The second-order valence-electron chi connectivity index (χ2n) is 7.53. The molecule has 1 aromatic heterocycles. The summed E-state index contributed by atoms with van der Waals surface area (Å²) in [5.74, 6) is 1.34. The van der Waals surface area contributed by atoms with Gasteiger partial charge in [0.2, 0.25) is 5.95 Å². The maximum Gasteiger partial charge on any atom is 0.229 e. The third kappa shape index (κ3) is 3.26. The SMILES string of the molecule is C1=C(Nc2nc(Nc3ccccc3)nc3ccccc23)C=C2C(=Nc3ccccc32)C1. The van der Waals surface area contributed by atoms with Gasteiger partial charge in [-0.05, 0) is 36.4 Å². The number of hydrogen-bond acceptors (Lipinski definition) is 5. The van der Waals surface area contributed by atoms with Crippen LogP contribution in [0.4, 0.5) is 23.1 Å². The second kappa shape index (κ2) is 7.22. The highest BCUT2D eigenvalue weighted by atomic mass is 15.1. The molecule has 2 aliphatic rings. The maximum absolute atomic E-state index is 4.79. The van der Waals surface area contributed by atoms with Gasteiger partial charge in [-0.2, -0.15) is 4.98 Å². The maximum atomic E-state index is 4.79. The Labute approximate surface area is 179 Å². The van der Waals surface area contributed by atoms with Crippen molar-refractivity contribution in [2.24, 2.45) is 4.99 Å². The molecule has 0 saturated heterocycles. The molecule has 4 aromatic rings. The minimum Gasteiger partial charge on any atom is -0.340 e. The number of aliphatic imine (C=N–C) groups is 1. The average molecular weight is 401 g/mol. The molecular formula is C26H19N5. The van der Waals surface area contributed by atoms with Crippen molar-refractivity contribution < 1.29 is 0 Å². The molecule has 1 aliphatic heterocycles. The van der Waals surface area contributed by atoms with Crippen LogP contribution < -0.4 is 10.6 Å². The molecule has 0 bridgehead atoms. The molecule has 2 N–H and O–H groups in total. The minimum atomic E-state index is 0.560. The van der Waals surface area contributed by atoms with Crippen LogP contribution in [0.15, 0.2) is 102 Å². The molecule has 0 amide bonds. The smallest absolute Gasteiger partial charge is 0.229 e. The van der Waals surface area contributed by atoms with Gasteiger partial charge in [0.15, 0.2) is 0 Å². The first-order chi connectivity index (χ1) is 15.3. The lowest BCUT2D eigenvalue weighted by Gasteiger charge is -2.16. The van der Waals surface area contributed by atoms with E-state index in [9.17, 15) is 0 Å². The van der Waals surface area contributed by atoms with Crippen LogP contribution in [0.5, 0.6) is 0 Å². The highest BCUT2D eigenvalue weighted by Gasteiger charge is 2.23. The lowest BCUT2D eigenvalue weighted by Crippen LogP contribution is -2.09. The monoisotopic (exact) mass is 401 g/mol. The summed E-state index contributed by atoms with van der Waals surface area (Å²) in [4.78, 5) is 14.2. The van der Waals surface area contributed by atoms with Crippen LogP contribution in [-0.2, 0) is 0 Å². The van der Waals surface area contributed by atoms with E-state index in [4.69, 9.17) is 15.0 Å². The number of anilines is 3. The van der Waals surface area contributed by atoms with Gasteiger partial charge in [0.05, 0.1) is 16.9 Å². The Kier molecular flexibility index (Phi) is 4.10. The van der Waals surface area contributed by atoms with Crippen LogP contribution in [0.25, 0.3) is 16.5 Å². The van der Waals surface area contributed by atoms with Gasteiger partial charge < -0.3 is 10.6 Å². The number of para-hydroxylation sites is 3. The van der Waals surface area contributed by atoms with E-state index >= 15 is 0 Å². The van der Waals surface area contributed by atoms with Gasteiger partial charge in [0.25, 0.3) is 0 Å². The number of fused-ring (bicyclic) bond motifs is 4. The van der Waals surface area contributed by atoms with Crippen molar-refractivity contribution in [3.8, 4) is 0 Å². The summed E-state index contributed by atoms with van der Waals surface area (Å²) in [5, 5.41) is 7.82. The summed E-state index contributed by atoms with van der Waals surface area (Å²) >= 11 is 0. The Morgan fingerprint density at radius 3 is 2.48 bits per heavy atom. The predicted molar refractivity (Wildman–Crippen MR) is 127 cm³/mol. The first-order valence-corrected chi connectivity index (χ1v) is 10.3. The molecule has 0 saturated carbocycles. The number of nitrogens with one attached hydrogen (secondary N) is 2. The molecule has 0 radical (unpaired) electrons. The van der Waals surface area contributed by atoms with E-state index in [1.54, 1.807) is 0 Å². The van der Waals surface area contributed by atoms with Crippen molar-refractivity contribution in [2.75, 3.05) is 10.6 Å². The summed E-state index contributed by atoms with van der Waals surface area (Å²) in [5.41, 5.74) is 7.37. The largest absolute Gasteiger partial charge is 0.340 e. The fourth-order valence-corrected chi connectivity index (χ4v) is 4.00. The van der Waals surface area contributed by atoms with Gasteiger partial charge >= 0.3 is 0 Å². The number of nitrogens with zero attached hydrogens (tertiary/aromatic N) is 3. The first kappa shape index (κ1) is 17.6. The summed E-state index contributed by atoms with van der Waals surface area (Å²) in [6.45, 7) is 0. The van der Waals surface area contributed by atoms with E-state index in [1.807, 2.05) is 60.7 Å². The Morgan fingerprint density at radius 2 is 1.55 bits per heavy atom. The zero-order valence-electron chi connectivity index (χ0n) is 16.7. The zero-order chi connectivity index (χ0) is 20.6. The fraction of sp³-hybridized carbons (Fsp3) is 0.0385. The van der Waals surface area contributed by atoms with Crippen molar-refractivity contribution in [2.45, 2.75) is 6.42 Å². The van der Waals surface area contributed by atoms with E-state index in [0.29, 0.717) is 5.95 Å². The number of rotatable bonds is 4. The topological polar surface area (TPSA) is 62.2 Å². The molecule has 6 rings (SSSR count). The zero-order valence-corrected chi connectivity index (χ0v) is 16.7. The van der Waals surface area contributed by atoms with Crippen LogP contribution in [0.1, 0.15) is 12.0 Å². The molecule has 5 nitrogen and oxygen atoms in total. The number of aromatic nitrogens is 2. The standard InChI is InChI=1S/C26H19N5/c1-2-8-17(9-3-1)28-26-30-23-13-7-5-11-20(23)25(31-26)27-18-14-15-24-21(16-18)19-10-4-6-12-22(19)29-24/h1-14,16H,15H2,(H2,27,28,30,31). The van der Waals surface area contributed by atoms with Gasteiger partial charge in [0.1, 0.15) is 5.82 Å². The third-order valence-electron chi connectivity index (χ3n) is 5.47. The van der Waals surface area contributed by atoms with E-state index in [1.165, 1.54) is 11.1 Å². The normalized spacial score (nSPS) is 14.3. The Balaban J connectivity index is 1.37. The molecule has 1 aliphatic carbocycles. The molecule has 3 aromatic carbocycles. The Hall–Kier alpha value is -4.25. The lowest BCUT2D eigenvalue weighted by molar-refractivity contribution is 1.20. The van der Waals surface area contributed by atoms with E-state index < -0.39 is 0 Å². The first-order valence-electron chi connectivity index (χ1n) is 10.3. The highest BCUT2D eigenvalue weighted by molar-refractivity contribution is 6.30. The summed E-state index contributed by atoms with van der Waals surface area (Å²) in [6, 6.07) is 26.3. The van der Waals surface area contributed by atoms with Crippen molar-refractivity contribution >= 4 is 45.3 Å². The minimum absolute atomic E-state index is 0.560. The van der Waals surface area contributed by atoms with Crippen molar-refractivity contribution in [3.05, 3.63) is 102 Å². The predicted octanol–water partition coefficient (Wildman–Crippen LogP) is 6.24. The second-order valence-corrected chi connectivity index (χ2v) is 7.53. The van der Waals surface area contributed by atoms with Crippen LogP contribution in [-0.4, -0.2) is 15.7 Å². The van der Waals surface area contributed by atoms with Gasteiger partial charge in [-0.3, -0.25) is 4.99 Å². The Morgan fingerprint density at radius 1 is 0.742 bits per heavy atom. The number of benzene rings is 3. The summed E-state index contributed by atoms with van der Waals surface area (Å²) in [6.07, 6.45) is 5.12. The van der Waals surface area contributed by atoms with Gasteiger partial charge in [-0.1, -0.05) is 54.6 Å². The van der Waals surface area contributed by atoms with Crippen LogP contribution >= 0.6 is 0 Å². The number of allylic oxidation sites excluding steroid dienone is 3. The average Bonchev–Trinajstić information content (AvgIpc) is 3.18. The molecule has 0 unspecified atom stereocenters. The quantitative estimate of drug-likeness (QED) is 0.425. The summed E-state index contributed by atoms with van der Waals surface area (Å²) in [7, 11) is 0. The van der Waals surface area contributed by atoms with Crippen LogP contribution in [0, 0.1) is 0 Å². The highest BCUT2D eigenvalue weighted by Crippen LogP contribution is 2.38. The van der Waals surface area contributed by atoms with Crippen molar-refractivity contribution in [3.63, 3.8) is 0 Å². The van der Waals surface area contributed by atoms with Gasteiger partial charge in [0, 0.05) is 34.3 Å². The van der Waals surface area contributed by atoms with E-state index in [-0.39, 0.29) is 0 Å². The fourth-order valence-electron chi connectivity index (χ4n) is 4.00. The molecule has 2 heterocycles. The molecule has 0 fully saturated rings. The van der Waals surface area contributed by atoms with Crippen LogP contribution in [0.2, 0.25) is 0 Å². The van der Waals surface area contributed by atoms with Crippen molar-refractivity contribution in [1.82, 2.24) is 9.97 Å². The number of hydrogen-bond donors (Lipinski definition) is 2. The van der Waals surface area contributed by atoms with Crippen LogP contribution in [0.3, 0.4) is 0 Å². The van der Waals surface area contributed by atoms with Gasteiger partial charge in [-0.15, -0.1) is 0 Å². The van der Waals surface area contributed by atoms with Crippen molar-refractivity contribution in [1.29, 1.82) is 0 Å². The van der Waals surface area contributed by atoms with E-state index in [0.717, 1.165) is 45.9 Å². The molecule has 148 valence electrons. The molecular weight excluding hydrogens is 382 g/mol. The van der Waals surface area contributed by atoms with Gasteiger partial charge in [-0.25, -0.2) is 4.98 Å². The van der Waals surface area contributed by atoms with E-state index in [2.05, 4.69) is 41.0 Å². The Bertz CT molecular complexity index is 1400. The molecule has 0 spiro atoms. The summed E-state index contributed by atoms with van der Waals surface area (Å²) < 4.78 is 0.